The van der Waals surface area contributed by atoms with Gasteiger partial charge < -0.3 is 9.80 Å². The van der Waals surface area contributed by atoms with E-state index in [2.05, 4.69) is 6.07 Å². The third-order valence-corrected chi connectivity index (χ3v) is 4.36. The normalized spacial score (nSPS) is 18.8. The lowest BCUT2D eigenvalue weighted by molar-refractivity contribution is -0.137. The molecule has 1 heterocycles. The van der Waals surface area contributed by atoms with Crippen molar-refractivity contribution in [2.75, 3.05) is 26.4 Å². The van der Waals surface area contributed by atoms with E-state index < -0.39 is 0 Å². The van der Waals surface area contributed by atoms with Gasteiger partial charge in [0.2, 0.25) is 11.8 Å². The molecule has 1 aromatic rings. The number of amides is 2. The summed E-state index contributed by atoms with van der Waals surface area (Å²) in [5.74, 6) is 0.430. The van der Waals surface area contributed by atoms with Crippen molar-refractivity contribution in [3.05, 3.63) is 35.4 Å². The number of benzene rings is 1. The van der Waals surface area contributed by atoms with Crippen LogP contribution in [0.3, 0.4) is 0 Å². The maximum absolute atomic E-state index is 11.9. The second kappa shape index (κ2) is 5.65. The molecule has 1 fully saturated rings. The monoisotopic (exact) mass is 278 g/mol. The zero-order chi connectivity index (χ0) is 14.0. The molecule has 1 aromatic carbocycles. The van der Waals surface area contributed by atoms with E-state index in [1.54, 1.807) is 30.8 Å². The Morgan fingerprint density at radius 1 is 1.47 bits per heavy atom. The molecule has 0 radical (unpaired) electrons. The van der Waals surface area contributed by atoms with E-state index in [4.69, 9.17) is 0 Å². The number of rotatable bonds is 3. The summed E-state index contributed by atoms with van der Waals surface area (Å²) in [6.45, 7) is 2.18. The van der Waals surface area contributed by atoms with Gasteiger partial charge in [0.05, 0.1) is 5.75 Å². The molecule has 0 bridgehead atoms. The number of aryl methyl sites for hydroxylation is 1. The van der Waals surface area contributed by atoms with Gasteiger partial charge in [-0.1, -0.05) is 29.8 Å². The van der Waals surface area contributed by atoms with Crippen molar-refractivity contribution in [3.8, 4) is 0 Å². The first kappa shape index (κ1) is 13.9. The fourth-order valence-corrected chi connectivity index (χ4v) is 3.19. The summed E-state index contributed by atoms with van der Waals surface area (Å²) in [6, 6.07) is 8.10. The van der Waals surface area contributed by atoms with Gasteiger partial charge in [-0.05, 0) is 12.5 Å². The van der Waals surface area contributed by atoms with Crippen LogP contribution in [0.1, 0.15) is 16.5 Å². The summed E-state index contributed by atoms with van der Waals surface area (Å²) >= 11 is 1.58. The molecular formula is C14H18N2O2S. The van der Waals surface area contributed by atoms with Gasteiger partial charge in [-0.2, -0.15) is 0 Å². The van der Waals surface area contributed by atoms with Gasteiger partial charge in [-0.25, -0.2) is 0 Å². The Hall–Kier alpha value is -1.49. The zero-order valence-electron chi connectivity index (χ0n) is 11.4. The van der Waals surface area contributed by atoms with Crippen LogP contribution in [0, 0.1) is 6.92 Å². The molecule has 0 N–H and O–H groups in total. The first-order valence-corrected chi connectivity index (χ1v) is 7.21. The molecule has 19 heavy (non-hydrogen) atoms. The van der Waals surface area contributed by atoms with E-state index in [0.717, 1.165) is 11.1 Å². The fraction of sp³-hybridized carbons (Fsp3) is 0.429. The predicted molar refractivity (Wildman–Crippen MR) is 76.8 cm³/mol. The third-order valence-electron chi connectivity index (χ3n) is 3.10. The molecule has 1 saturated heterocycles. The molecule has 102 valence electrons. The minimum absolute atomic E-state index is 0.0340. The van der Waals surface area contributed by atoms with Crippen molar-refractivity contribution < 1.29 is 9.59 Å². The molecule has 2 rings (SSSR count). The Morgan fingerprint density at radius 2 is 2.21 bits per heavy atom. The second-order valence-corrected chi connectivity index (χ2v) is 5.96. The largest absolute Gasteiger partial charge is 0.347 e. The fourth-order valence-electron chi connectivity index (χ4n) is 2.01. The summed E-state index contributed by atoms with van der Waals surface area (Å²) in [6.07, 6.45) is 0. The number of carbonyl (C=O) groups is 2. The number of thioether (sulfide) groups is 1. The summed E-state index contributed by atoms with van der Waals surface area (Å²) in [5, 5.41) is -0.0451. The Labute approximate surface area is 117 Å². The topological polar surface area (TPSA) is 40.6 Å². The van der Waals surface area contributed by atoms with Gasteiger partial charge in [0.25, 0.3) is 0 Å². The quantitative estimate of drug-likeness (QED) is 0.844. The highest BCUT2D eigenvalue weighted by Crippen LogP contribution is 2.38. The minimum atomic E-state index is -0.0477. The van der Waals surface area contributed by atoms with Crippen molar-refractivity contribution in [2.45, 2.75) is 12.3 Å². The van der Waals surface area contributed by atoms with Crippen LogP contribution in [0.25, 0.3) is 0 Å². The van der Waals surface area contributed by atoms with Crippen LogP contribution in [-0.2, 0) is 9.59 Å². The van der Waals surface area contributed by atoms with Gasteiger partial charge in [-0.15, -0.1) is 11.8 Å². The van der Waals surface area contributed by atoms with Crippen LogP contribution in [0.2, 0.25) is 0 Å². The summed E-state index contributed by atoms with van der Waals surface area (Å²) in [4.78, 5) is 26.9. The SMILES string of the molecule is Cc1cccc(C2SCC(=O)N2CC(=O)N(C)C)c1. The highest BCUT2D eigenvalue weighted by molar-refractivity contribution is 8.00. The van der Waals surface area contributed by atoms with E-state index >= 15 is 0 Å². The number of nitrogens with zero attached hydrogens (tertiary/aromatic N) is 2. The Bertz CT molecular complexity index is 502. The minimum Gasteiger partial charge on any atom is -0.347 e. The Kier molecular flexibility index (Phi) is 4.14. The first-order chi connectivity index (χ1) is 8.99. The van der Waals surface area contributed by atoms with E-state index in [1.165, 1.54) is 4.90 Å². The van der Waals surface area contributed by atoms with Crippen LogP contribution < -0.4 is 0 Å². The molecule has 0 spiro atoms. The van der Waals surface area contributed by atoms with Gasteiger partial charge >= 0.3 is 0 Å². The maximum atomic E-state index is 11.9. The standard InChI is InChI=1S/C14H18N2O2S/c1-10-5-4-6-11(7-10)14-16(13(18)9-19-14)8-12(17)15(2)3/h4-7,14H,8-9H2,1-3H3. The predicted octanol–water partition coefficient (Wildman–Crippen LogP) is 1.66. The molecular weight excluding hydrogens is 260 g/mol. The van der Waals surface area contributed by atoms with E-state index in [9.17, 15) is 9.59 Å². The highest BCUT2D eigenvalue weighted by atomic mass is 32.2. The molecule has 0 aliphatic carbocycles. The van der Waals surface area contributed by atoms with E-state index in [0.29, 0.717) is 5.75 Å². The van der Waals surface area contributed by atoms with Crippen LogP contribution in [0.4, 0.5) is 0 Å². The number of likely N-dealkylation sites (N-methyl/N-ethyl adjacent to an activating group) is 1. The lowest BCUT2D eigenvalue weighted by Gasteiger charge is -2.25. The van der Waals surface area contributed by atoms with Crippen LogP contribution in [0.15, 0.2) is 24.3 Å². The van der Waals surface area contributed by atoms with Crippen LogP contribution in [0.5, 0.6) is 0 Å². The molecule has 2 amide bonds. The lowest BCUT2D eigenvalue weighted by Crippen LogP contribution is -2.38. The highest BCUT2D eigenvalue weighted by Gasteiger charge is 2.34. The first-order valence-electron chi connectivity index (χ1n) is 6.17. The summed E-state index contributed by atoms with van der Waals surface area (Å²) in [7, 11) is 3.41. The average molecular weight is 278 g/mol. The molecule has 0 aromatic heterocycles. The van der Waals surface area contributed by atoms with Crippen molar-refractivity contribution in [1.29, 1.82) is 0 Å². The number of hydrogen-bond acceptors (Lipinski definition) is 3. The molecule has 4 nitrogen and oxygen atoms in total. The van der Waals surface area contributed by atoms with Crippen molar-refractivity contribution in [2.24, 2.45) is 0 Å². The van der Waals surface area contributed by atoms with Crippen LogP contribution in [-0.4, -0.2) is 48.0 Å². The van der Waals surface area contributed by atoms with E-state index in [-0.39, 0.29) is 23.7 Å². The second-order valence-electron chi connectivity index (χ2n) is 4.89. The summed E-state index contributed by atoms with van der Waals surface area (Å²) in [5.41, 5.74) is 2.25. The third kappa shape index (κ3) is 3.10. The smallest absolute Gasteiger partial charge is 0.241 e. The lowest BCUT2D eigenvalue weighted by atomic mass is 10.1. The van der Waals surface area contributed by atoms with E-state index in [1.807, 2.05) is 25.1 Å². The number of carbonyl (C=O) groups excluding carboxylic acids is 2. The van der Waals surface area contributed by atoms with Crippen molar-refractivity contribution in [3.63, 3.8) is 0 Å². The van der Waals surface area contributed by atoms with Gasteiger partial charge in [0.1, 0.15) is 11.9 Å². The molecule has 1 aliphatic rings. The molecule has 1 unspecified atom stereocenters. The van der Waals surface area contributed by atoms with Gasteiger partial charge in [-0.3, -0.25) is 9.59 Å². The van der Waals surface area contributed by atoms with Crippen molar-refractivity contribution >= 4 is 23.6 Å². The molecule has 1 atom stereocenters. The zero-order valence-corrected chi connectivity index (χ0v) is 12.2. The molecule has 5 heteroatoms. The maximum Gasteiger partial charge on any atom is 0.241 e. The molecule has 1 aliphatic heterocycles. The molecule has 0 saturated carbocycles. The van der Waals surface area contributed by atoms with Crippen LogP contribution >= 0.6 is 11.8 Å². The Morgan fingerprint density at radius 3 is 2.84 bits per heavy atom. The van der Waals surface area contributed by atoms with Crippen molar-refractivity contribution in [1.82, 2.24) is 9.80 Å². The van der Waals surface area contributed by atoms with Gasteiger partial charge in [0.15, 0.2) is 0 Å². The average Bonchev–Trinajstić information content (AvgIpc) is 2.71. The summed E-state index contributed by atoms with van der Waals surface area (Å²) < 4.78 is 0. The number of hydrogen-bond donors (Lipinski definition) is 0. The Balaban J connectivity index is 2.20. The van der Waals surface area contributed by atoms with Gasteiger partial charge in [0, 0.05) is 14.1 Å².